The number of hydrogen-bond donors (Lipinski definition) is 2. The van der Waals surface area contributed by atoms with E-state index in [0.717, 1.165) is 26.1 Å². The van der Waals surface area contributed by atoms with Gasteiger partial charge in [-0.1, -0.05) is 16.8 Å². The lowest BCUT2D eigenvalue weighted by atomic mass is 10.1. The van der Waals surface area contributed by atoms with Gasteiger partial charge in [-0.2, -0.15) is 0 Å². The molecule has 0 aliphatic rings. The predicted molar refractivity (Wildman–Crippen MR) is 82.1 cm³/mol. The summed E-state index contributed by atoms with van der Waals surface area (Å²) in [7, 11) is 0. The van der Waals surface area contributed by atoms with E-state index < -0.39 is 0 Å². The quantitative estimate of drug-likeness (QED) is 0.392. The van der Waals surface area contributed by atoms with Crippen molar-refractivity contribution in [1.29, 1.82) is 0 Å². The number of halogens is 1. The molecule has 0 saturated heterocycles. The SMILES string of the molecule is Cc1cc(C(N)=NO)cc(C)c1OCc1ccc(Cl)s1. The molecule has 0 atom stereocenters. The van der Waals surface area contributed by atoms with Crippen LogP contribution in [0.5, 0.6) is 5.75 Å². The first-order valence-electron chi connectivity index (χ1n) is 5.97. The molecule has 2 aromatic rings. The van der Waals surface area contributed by atoms with E-state index in [1.54, 1.807) is 0 Å². The van der Waals surface area contributed by atoms with Crippen LogP contribution in [-0.2, 0) is 6.61 Å². The van der Waals surface area contributed by atoms with Gasteiger partial charge in [0.15, 0.2) is 5.84 Å². The fourth-order valence-electron chi connectivity index (χ4n) is 1.96. The van der Waals surface area contributed by atoms with Gasteiger partial charge in [0.2, 0.25) is 0 Å². The van der Waals surface area contributed by atoms with Crippen molar-refractivity contribution in [2.45, 2.75) is 20.5 Å². The first-order valence-corrected chi connectivity index (χ1v) is 7.17. The van der Waals surface area contributed by atoms with Crippen LogP contribution < -0.4 is 10.5 Å². The average molecular weight is 311 g/mol. The maximum absolute atomic E-state index is 8.71. The Kier molecular flexibility index (Phi) is 4.52. The van der Waals surface area contributed by atoms with Crippen molar-refractivity contribution in [1.82, 2.24) is 0 Å². The summed E-state index contributed by atoms with van der Waals surface area (Å²) in [4.78, 5) is 1.06. The number of nitrogens with zero attached hydrogens (tertiary/aromatic N) is 1. The molecule has 4 nitrogen and oxygen atoms in total. The predicted octanol–water partition coefficient (Wildman–Crippen LogP) is 3.69. The van der Waals surface area contributed by atoms with Crippen molar-refractivity contribution >= 4 is 28.8 Å². The minimum Gasteiger partial charge on any atom is -0.488 e. The van der Waals surface area contributed by atoms with Crippen LogP contribution >= 0.6 is 22.9 Å². The van der Waals surface area contributed by atoms with E-state index in [1.807, 2.05) is 38.1 Å². The molecule has 0 bridgehead atoms. The van der Waals surface area contributed by atoms with E-state index in [0.29, 0.717) is 12.2 Å². The third kappa shape index (κ3) is 3.23. The summed E-state index contributed by atoms with van der Waals surface area (Å²) >= 11 is 7.39. The third-order valence-corrected chi connectivity index (χ3v) is 4.06. The molecule has 0 fully saturated rings. The van der Waals surface area contributed by atoms with Crippen molar-refractivity contribution in [3.8, 4) is 5.75 Å². The minimum atomic E-state index is 0.0905. The van der Waals surface area contributed by atoms with Gasteiger partial charge in [-0.25, -0.2) is 0 Å². The molecule has 0 aliphatic carbocycles. The second-order valence-electron chi connectivity index (χ2n) is 4.42. The van der Waals surface area contributed by atoms with Crippen LogP contribution in [0.1, 0.15) is 21.6 Å². The first kappa shape index (κ1) is 14.7. The zero-order valence-electron chi connectivity index (χ0n) is 11.2. The lowest BCUT2D eigenvalue weighted by Crippen LogP contribution is -2.13. The molecule has 0 aliphatic heterocycles. The van der Waals surface area contributed by atoms with E-state index in [1.165, 1.54) is 11.3 Å². The second kappa shape index (κ2) is 6.15. The maximum atomic E-state index is 8.71. The minimum absolute atomic E-state index is 0.0905. The highest BCUT2D eigenvalue weighted by Crippen LogP contribution is 2.28. The summed E-state index contributed by atoms with van der Waals surface area (Å²) in [6, 6.07) is 7.46. The summed E-state index contributed by atoms with van der Waals surface area (Å²) in [6.07, 6.45) is 0. The smallest absolute Gasteiger partial charge is 0.170 e. The molecule has 0 unspecified atom stereocenters. The van der Waals surface area contributed by atoms with E-state index in [9.17, 15) is 0 Å². The van der Waals surface area contributed by atoms with Crippen molar-refractivity contribution in [2.75, 3.05) is 0 Å². The van der Waals surface area contributed by atoms with Gasteiger partial charge in [0, 0.05) is 10.4 Å². The van der Waals surface area contributed by atoms with E-state index in [2.05, 4.69) is 5.16 Å². The Labute approximate surface area is 126 Å². The molecule has 0 saturated carbocycles. The number of hydrogen-bond acceptors (Lipinski definition) is 4. The maximum Gasteiger partial charge on any atom is 0.170 e. The number of thiophene rings is 1. The fourth-order valence-corrected chi connectivity index (χ4v) is 2.96. The molecule has 1 aromatic heterocycles. The highest BCUT2D eigenvalue weighted by Gasteiger charge is 2.10. The van der Waals surface area contributed by atoms with Crippen molar-refractivity contribution in [3.63, 3.8) is 0 Å². The zero-order valence-corrected chi connectivity index (χ0v) is 12.8. The Bertz CT molecular complexity index is 629. The zero-order chi connectivity index (χ0) is 14.7. The normalized spacial score (nSPS) is 11.7. The molecule has 20 heavy (non-hydrogen) atoms. The van der Waals surface area contributed by atoms with E-state index in [-0.39, 0.29) is 5.84 Å². The molecule has 0 radical (unpaired) electrons. The second-order valence-corrected chi connectivity index (χ2v) is 6.22. The molecule has 3 N–H and O–H groups in total. The monoisotopic (exact) mass is 310 g/mol. The Morgan fingerprint density at radius 1 is 1.35 bits per heavy atom. The summed E-state index contributed by atoms with van der Waals surface area (Å²) in [5, 5.41) is 11.7. The number of rotatable bonds is 4. The topological polar surface area (TPSA) is 67.8 Å². The van der Waals surface area contributed by atoms with E-state index >= 15 is 0 Å². The molecule has 2 rings (SSSR count). The van der Waals surface area contributed by atoms with Crippen LogP contribution in [0.3, 0.4) is 0 Å². The van der Waals surface area contributed by atoms with Crippen LogP contribution in [-0.4, -0.2) is 11.0 Å². The summed E-state index contributed by atoms with van der Waals surface area (Å²) in [6.45, 7) is 4.33. The van der Waals surface area contributed by atoms with Gasteiger partial charge in [-0.15, -0.1) is 11.3 Å². The van der Waals surface area contributed by atoms with Crippen LogP contribution in [0.2, 0.25) is 4.34 Å². The number of ether oxygens (including phenoxy) is 1. The van der Waals surface area contributed by atoms with Crippen molar-refractivity contribution < 1.29 is 9.94 Å². The Balaban J connectivity index is 2.20. The van der Waals surface area contributed by atoms with Crippen LogP contribution in [0.15, 0.2) is 29.4 Å². The lowest BCUT2D eigenvalue weighted by molar-refractivity contribution is 0.305. The van der Waals surface area contributed by atoms with Gasteiger partial charge in [-0.3, -0.25) is 0 Å². The highest BCUT2D eigenvalue weighted by molar-refractivity contribution is 7.16. The Morgan fingerprint density at radius 3 is 2.50 bits per heavy atom. The summed E-state index contributed by atoms with van der Waals surface area (Å²) < 4.78 is 6.59. The number of aryl methyl sites for hydroxylation is 2. The molecule has 1 heterocycles. The van der Waals surface area contributed by atoms with Gasteiger partial charge in [-0.05, 0) is 49.2 Å². The molecular formula is C14H15ClN2O2S. The van der Waals surface area contributed by atoms with E-state index in [4.69, 9.17) is 27.3 Å². The molecule has 106 valence electrons. The molecular weight excluding hydrogens is 296 g/mol. The number of amidine groups is 1. The standard InChI is InChI=1S/C14H15ClN2O2S/c1-8-5-10(14(16)17-18)6-9(2)13(8)19-7-11-3-4-12(15)20-11/h3-6,18H,7H2,1-2H3,(H2,16,17). The number of nitrogens with two attached hydrogens (primary N) is 1. The molecule has 0 amide bonds. The average Bonchev–Trinajstić information content (AvgIpc) is 2.82. The van der Waals surface area contributed by atoms with Gasteiger partial charge >= 0.3 is 0 Å². The van der Waals surface area contributed by atoms with Crippen molar-refractivity contribution in [3.05, 3.63) is 50.2 Å². The summed E-state index contributed by atoms with van der Waals surface area (Å²) in [5.74, 6) is 0.900. The first-order chi connectivity index (χ1) is 9.51. The molecule has 0 spiro atoms. The Hall–Kier alpha value is -1.72. The highest BCUT2D eigenvalue weighted by atomic mass is 35.5. The van der Waals surface area contributed by atoms with Crippen LogP contribution in [0.4, 0.5) is 0 Å². The molecule has 1 aromatic carbocycles. The van der Waals surface area contributed by atoms with Crippen molar-refractivity contribution in [2.24, 2.45) is 10.9 Å². The van der Waals surface area contributed by atoms with Gasteiger partial charge in [0.05, 0.1) is 4.34 Å². The fraction of sp³-hybridized carbons (Fsp3) is 0.214. The summed E-state index contributed by atoms with van der Waals surface area (Å²) in [5.41, 5.74) is 8.15. The van der Waals surface area contributed by atoms with Crippen LogP contribution in [0.25, 0.3) is 0 Å². The number of oxime groups is 1. The number of benzene rings is 1. The lowest BCUT2D eigenvalue weighted by Gasteiger charge is -2.13. The molecule has 6 heteroatoms. The van der Waals surface area contributed by atoms with Gasteiger partial charge in [0.1, 0.15) is 12.4 Å². The van der Waals surface area contributed by atoms with Crippen LogP contribution in [0, 0.1) is 13.8 Å². The Morgan fingerprint density at radius 2 is 2.00 bits per heavy atom. The van der Waals surface area contributed by atoms with Gasteiger partial charge in [0.25, 0.3) is 0 Å². The third-order valence-electron chi connectivity index (χ3n) is 2.85. The van der Waals surface area contributed by atoms with Gasteiger partial charge < -0.3 is 15.7 Å². The largest absolute Gasteiger partial charge is 0.488 e.